The molecule has 0 aromatic carbocycles. The number of ether oxygens (including phenoxy) is 1. The summed E-state index contributed by atoms with van der Waals surface area (Å²) in [5, 5.41) is 3.32. The van der Waals surface area contributed by atoms with Crippen LogP contribution < -0.4 is 5.32 Å². The van der Waals surface area contributed by atoms with Gasteiger partial charge in [0.25, 0.3) is 0 Å². The summed E-state index contributed by atoms with van der Waals surface area (Å²) in [6.07, 6.45) is 1.17. The van der Waals surface area contributed by atoms with E-state index in [9.17, 15) is 0 Å². The predicted octanol–water partition coefficient (Wildman–Crippen LogP) is 2.45. The highest BCUT2D eigenvalue weighted by Crippen LogP contribution is 2.16. The van der Waals surface area contributed by atoms with Gasteiger partial charge in [-0.2, -0.15) is 0 Å². The molecule has 0 aliphatic carbocycles. The zero-order chi connectivity index (χ0) is 12.7. The number of methoxy groups -OCH3 is 1. The molecule has 1 aliphatic rings. The van der Waals surface area contributed by atoms with Crippen molar-refractivity contribution in [1.82, 2.24) is 10.2 Å². The van der Waals surface area contributed by atoms with E-state index in [2.05, 4.69) is 44.6 Å². The quantitative estimate of drug-likeness (QED) is 0.412. The van der Waals surface area contributed by atoms with E-state index in [1.165, 1.54) is 6.42 Å². The van der Waals surface area contributed by atoms with Gasteiger partial charge in [-0.1, -0.05) is 22.5 Å². The number of guanidine groups is 1. The average Bonchev–Trinajstić information content (AvgIpc) is 2.73. The summed E-state index contributed by atoms with van der Waals surface area (Å²) in [6, 6.07) is 0. The number of aliphatic imine (C=N–C) groups is 1. The molecule has 0 bridgehead atoms. The zero-order valence-corrected chi connectivity index (χ0v) is 15.0. The summed E-state index contributed by atoms with van der Waals surface area (Å²) < 4.78 is 6.11. The van der Waals surface area contributed by atoms with Gasteiger partial charge in [0.15, 0.2) is 5.96 Å². The van der Waals surface area contributed by atoms with Gasteiger partial charge in [-0.3, -0.25) is 0 Å². The first-order chi connectivity index (χ1) is 8.17. The van der Waals surface area contributed by atoms with Gasteiger partial charge in [-0.25, -0.2) is 4.99 Å². The fourth-order valence-electron chi connectivity index (χ4n) is 1.98. The van der Waals surface area contributed by atoms with Gasteiger partial charge in [0.05, 0.1) is 13.2 Å². The number of halogens is 2. The van der Waals surface area contributed by atoms with Gasteiger partial charge >= 0.3 is 0 Å². The first kappa shape index (κ1) is 18.2. The third-order valence-electron chi connectivity index (χ3n) is 2.72. The van der Waals surface area contributed by atoms with E-state index in [0.717, 1.165) is 36.7 Å². The Labute approximate surface area is 135 Å². The average molecular weight is 432 g/mol. The van der Waals surface area contributed by atoms with Gasteiger partial charge in [0.2, 0.25) is 0 Å². The van der Waals surface area contributed by atoms with E-state index >= 15 is 0 Å². The van der Waals surface area contributed by atoms with E-state index in [4.69, 9.17) is 4.74 Å². The van der Waals surface area contributed by atoms with E-state index in [1.54, 1.807) is 7.11 Å². The van der Waals surface area contributed by atoms with Gasteiger partial charge < -0.3 is 15.0 Å². The second-order valence-corrected chi connectivity index (χ2v) is 5.36. The van der Waals surface area contributed by atoms with Crippen LogP contribution in [0.2, 0.25) is 0 Å². The lowest BCUT2D eigenvalue weighted by Crippen LogP contribution is -2.40. The van der Waals surface area contributed by atoms with Crippen molar-refractivity contribution in [2.75, 3.05) is 39.9 Å². The van der Waals surface area contributed by atoms with Crippen molar-refractivity contribution in [3.8, 4) is 0 Å². The maximum Gasteiger partial charge on any atom is 0.194 e. The van der Waals surface area contributed by atoms with Crippen molar-refractivity contribution in [1.29, 1.82) is 0 Å². The van der Waals surface area contributed by atoms with Gasteiger partial charge in [0.1, 0.15) is 0 Å². The largest absolute Gasteiger partial charge is 0.384 e. The molecular formula is C12H23BrIN3O. The second kappa shape index (κ2) is 10.0. The van der Waals surface area contributed by atoms with E-state index in [-0.39, 0.29) is 24.0 Å². The molecule has 1 atom stereocenters. The van der Waals surface area contributed by atoms with E-state index in [1.807, 2.05) is 0 Å². The van der Waals surface area contributed by atoms with Crippen LogP contribution in [0, 0.1) is 5.92 Å². The van der Waals surface area contributed by atoms with Crippen LogP contribution in [-0.2, 0) is 4.74 Å². The SMILES string of the molecule is C=C(Br)CN=C(NCC)N1CCC(COC)C1.I. The molecule has 6 heteroatoms. The molecule has 0 spiro atoms. The third kappa shape index (κ3) is 6.38. The molecule has 0 radical (unpaired) electrons. The molecule has 1 N–H and O–H groups in total. The fourth-order valence-corrected chi connectivity index (χ4v) is 2.11. The number of nitrogens with one attached hydrogen (secondary N) is 1. The van der Waals surface area contributed by atoms with Crippen molar-refractivity contribution >= 4 is 45.9 Å². The molecule has 1 aliphatic heterocycles. The molecular weight excluding hydrogens is 409 g/mol. The Balaban J connectivity index is 0.00000289. The van der Waals surface area contributed by atoms with E-state index in [0.29, 0.717) is 12.5 Å². The maximum absolute atomic E-state index is 5.20. The first-order valence-electron chi connectivity index (χ1n) is 6.02. The number of rotatable bonds is 5. The highest BCUT2D eigenvalue weighted by Gasteiger charge is 2.24. The molecule has 0 amide bonds. The van der Waals surface area contributed by atoms with E-state index < -0.39 is 0 Å². The van der Waals surface area contributed by atoms with Gasteiger partial charge in [-0.05, 0) is 13.3 Å². The van der Waals surface area contributed by atoms with Crippen molar-refractivity contribution < 1.29 is 4.74 Å². The van der Waals surface area contributed by atoms with Crippen LogP contribution in [0.3, 0.4) is 0 Å². The first-order valence-corrected chi connectivity index (χ1v) is 6.82. The zero-order valence-electron chi connectivity index (χ0n) is 11.1. The molecule has 0 saturated carbocycles. The maximum atomic E-state index is 5.20. The minimum atomic E-state index is 0. The highest BCUT2D eigenvalue weighted by molar-refractivity contribution is 14.0. The van der Waals surface area contributed by atoms with Crippen LogP contribution >= 0.6 is 39.9 Å². The fraction of sp³-hybridized carbons (Fsp3) is 0.750. The van der Waals surface area contributed by atoms with Gasteiger partial charge in [0, 0.05) is 37.1 Å². The summed E-state index contributed by atoms with van der Waals surface area (Å²) in [5.41, 5.74) is 0. The number of likely N-dealkylation sites (tertiary alicyclic amines) is 1. The minimum Gasteiger partial charge on any atom is -0.384 e. The van der Waals surface area contributed by atoms with Crippen LogP contribution in [-0.4, -0.2) is 50.8 Å². The molecule has 1 rings (SSSR count). The summed E-state index contributed by atoms with van der Waals surface area (Å²) in [6.45, 7) is 10.3. The number of hydrogen-bond donors (Lipinski definition) is 1. The summed E-state index contributed by atoms with van der Waals surface area (Å²) in [7, 11) is 1.76. The van der Waals surface area contributed by atoms with Crippen LogP contribution in [0.5, 0.6) is 0 Å². The van der Waals surface area contributed by atoms with Crippen LogP contribution in [0.4, 0.5) is 0 Å². The lowest BCUT2D eigenvalue weighted by atomic mass is 10.1. The van der Waals surface area contributed by atoms with Crippen LogP contribution in [0.1, 0.15) is 13.3 Å². The molecule has 1 saturated heterocycles. The Bertz CT molecular complexity index is 286. The molecule has 106 valence electrons. The standard InChI is InChI=1S/C12H22BrN3O.HI/c1-4-14-12(15-7-10(2)13)16-6-5-11(8-16)9-17-3;/h11H,2,4-9H2,1,3H3,(H,14,15);1H. The van der Waals surface area contributed by atoms with Crippen molar-refractivity contribution in [3.05, 3.63) is 11.1 Å². The summed E-state index contributed by atoms with van der Waals surface area (Å²) >= 11 is 3.33. The molecule has 1 heterocycles. The van der Waals surface area contributed by atoms with Crippen molar-refractivity contribution in [3.63, 3.8) is 0 Å². The Kier molecular flexibility index (Phi) is 10.1. The summed E-state index contributed by atoms with van der Waals surface area (Å²) in [4.78, 5) is 6.83. The Morgan fingerprint density at radius 2 is 2.33 bits per heavy atom. The van der Waals surface area contributed by atoms with Gasteiger partial charge in [-0.15, -0.1) is 24.0 Å². The normalized spacial score (nSPS) is 19.6. The molecule has 0 aromatic rings. The lowest BCUT2D eigenvalue weighted by molar-refractivity contribution is 0.157. The molecule has 18 heavy (non-hydrogen) atoms. The minimum absolute atomic E-state index is 0. The lowest BCUT2D eigenvalue weighted by Gasteiger charge is -2.21. The molecule has 1 fully saturated rings. The second-order valence-electron chi connectivity index (χ2n) is 4.24. The van der Waals surface area contributed by atoms with Crippen LogP contribution in [0.15, 0.2) is 16.1 Å². The predicted molar refractivity (Wildman–Crippen MR) is 91.0 cm³/mol. The highest BCUT2D eigenvalue weighted by atomic mass is 127. The third-order valence-corrected chi connectivity index (χ3v) is 2.97. The monoisotopic (exact) mass is 431 g/mol. The number of nitrogens with zero attached hydrogens (tertiary/aromatic N) is 2. The Hall–Kier alpha value is 0.180. The van der Waals surface area contributed by atoms with Crippen LogP contribution in [0.25, 0.3) is 0 Å². The van der Waals surface area contributed by atoms with Crippen molar-refractivity contribution in [2.24, 2.45) is 10.9 Å². The Morgan fingerprint density at radius 3 is 2.89 bits per heavy atom. The molecule has 1 unspecified atom stereocenters. The smallest absolute Gasteiger partial charge is 0.194 e. The molecule has 0 aromatic heterocycles. The van der Waals surface area contributed by atoms with Crippen molar-refractivity contribution in [2.45, 2.75) is 13.3 Å². The topological polar surface area (TPSA) is 36.9 Å². The number of hydrogen-bond acceptors (Lipinski definition) is 2. The summed E-state index contributed by atoms with van der Waals surface area (Å²) in [5.74, 6) is 1.60. The molecule has 4 nitrogen and oxygen atoms in total. The Morgan fingerprint density at radius 1 is 1.61 bits per heavy atom.